The predicted octanol–water partition coefficient (Wildman–Crippen LogP) is 1.75. The van der Waals surface area contributed by atoms with Crippen LogP contribution in [0.3, 0.4) is 0 Å². The van der Waals surface area contributed by atoms with Crippen molar-refractivity contribution in [2.24, 2.45) is 5.41 Å². The van der Waals surface area contributed by atoms with Crippen LogP contribution in [0.5, 0.6) is 0 Å². The normalized spacial score (nSPS) is 17.0. The fourth-order valence-electron chi connectivity index (χ4n) is 1.60. The second kappa shape index (κ2) is 3.93. The molecule has 4 heteroatoms. The SMILES string of the molecule is CC(C)(C)CNCc1nncn1C1CC1. The van der Waals surface area contributed by atoms with Crippen LogP contribution < -0.4 is 5.32 Å². The number of rotatable bonds is 4. The topological polar surface area (TPSA) is 42.7 Å². The molecule has 0 atom stereocenters. The van der Waals surface area contributed by atoms with E-state index in [-0.39, 0.29) is 0 Å². The minimum absolute atomic E-state index is 0.324. The number of nitrogens with one attached hydrogen (secondary N) is 1. The monoisotopic (exact) mass is 208 g/mol. The van der Waals surface area contributed by atoms with Crippen LogP contribution in [-0.2, 0) is 6.54 Å². The second-order valence-corrected chi connectivity index (χ2v) is 5.55. The highest BCUT2D eigenvalue weighted by atomic mass is 15.3. The number of nitrogens with zero attached hydrogens (tertiary/aromatic N) is 3. The molecule has 2 rings (SSSR count). The molecule has 0 aliphatic heterocycles. The summed E-state index contributed by atoms with van der Waals surface area (Å²) in [6.07, 6.45) is 4.42. The molecular formula is C11H20N4. The van der Waals surface area contributed by atoms with Gasteiger partial charge < -0.3 is 9.88 Å². The lowest BCUT2D eigenvalue weighted by Gasteiger charge is -2.18. The molecular weight excluding hydrogens is 188 g/mol. The van der Waals surface area contributed by atoms with Crippen LogP contribution >= 0.6 is 0 Å². The first-order chi connectivity index (χ1) is 7.06. The molecule has 0 unspecified atom stereocenters. The molecule has 0 aromatic carbocycles. The summed E-state index contributed by atoms with van der Waals surface area (Å²) >= 11 is 0. The molecule has 1 aliphatic carbocycles. The summed E-state index contributed by atoms with van der Waals surface area (Å²) in [4.78, 5) is 0. The van der Waals surface area contributed by atoms with E-state index in [1.54, 1.807) is 0 Å². The van der Waals surface area contributed by atoms with Crippen molar-refractivity contribution in [1.29, 1.82) is 0 Å². The molecule has 1 aromatic heterocycles. The van der Waals surface area contributed by atoms with Crippen LogP contribution in [0.2, 0.25) is 0 Å². The summed E-state index contributed by atoms with van der Waals surface area (Å²) in [5.41, 5.74) is 0.324. The fraction of sp³-hybridized carbons (Fsp3) is 0.818. The Kier molecular flexibility index (Phi) is 2.78. The van der Waals surface area contributed by atoms with Crippen molar-refractivity contribution >= 4 is 0 Å². The Labute approximate surface area is 91.1 Å². The summed E-state index contributed by atoms with van der Waals surface area (Å²) in [7, 11) is 0. The molecule has 4 nitrogen and oxygen atoms in total. The van der Waals surface area contributed by atoms with Crippen molar-refractivity contribution in [2.45, 2.75) is 46.2 Å². The third kappa shape index (κ3) is 3.02. The molecule has 1 aliphatic rings. The maximum absolute atomic E-state index is 4.15. The van der Waals surface area contributed by atoms with Crippen molar-refractivity contribution < 1.29 is 0 Å². The van der Waals surface area contributed by atoms with Crippen molar-refractivity contribution in [1.82, 2.24) is 20.1 Å². The van der Waals surface area contributed by atoms with Crippen LogP contribution in [0.1, 0.15) is 45.5 Å². The lowest BCUT2D eigenvalue weighted by Crippen LogP contribution is -2.27. The van der Waals surface area contributed by atoms with Gasteiger partial charge in [-0.15, -0.1) is 10.2 Å². The third-order valence-electron chi connectivity index (χ3n) is 2.53. The minimum Gasteiger partial charge on any atom is -0.313 e. The zero-order chi connectivity index (χ0) is 10.9. The van der Waals surface area contributed by atoms with Crippen LogP contribution in [0.15, 0.2) is 6.33 Å². The van der Waals surface area contributed by atoms with Crippen molar-refractivity contribution in [3.8, 4) is 0 Å². The van der Waals surface area contributed by atoms with Gasteiger partial charge in [0.05, 0.1) is 6.54 Å². The van der Waals surface area contributed by atoms with E-state index in [1.807, 2.05) is 6.33 Å². The first kappa shape index (κ1) is 10.6. The van der Waals surface area contributed by atoms with E-state index >= 15 is 0 Å². The Morgan fingerprint density at radius 1 is 1.47 bits per heavy atom. The largest absolute Gasteiger partial charge is 0.313 e. The highest BCUT2D eigenvalue weighted by Crippen LogP contribution is 2.35. The van der Waals surface area contributed by atoms with E-state index in [4.69, 9.17) is 0 Å². The standard InChI is InChI=1S/C11H20N4/c1-11(2,3)7-12-6-10-14-13-8-15(10)9-4-5-9/h8-9,12H,4-7H2,1-3H3. The molecule has 1 heterocycles. The van der Waals surface area contributed by atoms with Gasteiger partial charge >= 0.3 is 0 Å². The first-order valence-electron chi connectivity index (χ1n) is 5.65. The average molecular weight is 208 g/mol. The number of aromatic nitrogens is 3. The van der Waals surface area contributed by atoms with Gasteiger partial charge in [0.1, 0.15) is 12.2 Å². The summed E-state index contributed by atoms with van der Waals surface area (Å²) in [5, 5.41) is 11.5. The Morgan fingerprint density at radius 3 is 2.80 bits per heavy atom. The van der Waals surface area contributed by atoms with Crippen LogP contribution in [0, 0.1) is 5.41 Å². The molecule has 1 aromatic rings. The highest BCUT2D eigenvalue weighted by molar-refractivity contribution is 4.94. The van der Waals surface area contributed by atoms with Gasteiger partial charge in [-0.1, -0.05) is 20.8 Å². The maximum Gasteiger partial charge on any atom is 0.147 e. The highest BCUT2D eigenvalue weighted by Gasteiger charge is 2.25. The molecule has 1 N–H and O–H groups in total. The maximum atomic E-state index is 4.15. The van der Waals surface area contributed by atoms with Gasteiger partial charge in [-0.05, 0) is 18.3 Å². The minimum atomic E-state index is 0.324. The van der Waals surface area contributed by atoms with Crippen molar-refractivity contribution in [2.75, 3.05) is 6.54 Å². The molecule has 1 saturated carbocycles. The smallest absolute Gasteiger partial charge is 0.147 e. The molecule has 84 valence electrons. The van der Waals surface area contributed by atoms with E-state index in [2.05, 4.69) is 40.9 Å². The zero-order valence-corrected chi connectivity index (χ0v) is 9.82. The van der Waals surface area contributed by atoms with E-state index < -0.39 is 0 Å². The van der Waals surface area contributed by atoms with Gasteiger partial charge in [-0.25, -0.2) is 0 Å². The van der Waals surface area contributed by atoms with Gasteiger partial charge in [0.2, 0.25) is 0 Å². The Balaban J connectivity index is 1.85. The molecule has 15 heavy (non-hydrogen) atoms. The van der Waals surface area contributed by atoms with Gasteiger partial charge in [-0.2, -0.15) is 0 Å². The molecule has 1 fully saturated rings. The second-order valence-electron chi connectivity index (χ2n) is 5.55. The number of hydrogen-bond acceptors (Lipinski definition) is 3. The first-order valence-corrected chi connectivity index (χ1v) is 5.65. The predicted molar refractivity (Wildman–Crippen MR) is 59.5 cm³/mol. The van der Waals surface area contributed by atoms with E-state index in [1.165, 1.54) is 12.8 Å². The van der Waals surface area contributed by atoms with E-state index in [0.29, 0.717) is 11.5 Å². The van der Waals surface area contributed by atoms with Crippen molar-refractivity contribution in [3.05, 3.63) is 12.2 Å². The van der Waals surface area contributed by atoms with Gasteiger partial charge in [0.25, 0.3) is 0 Å². The molecule has 0 bridgehead atoms. The summed E-state index contributed by atoms with van der Waals surface area (Å²) in [5.74, 6) is 1.07. The van der Waals surface area contributed by atoms with E-state index in [9.17, 15) is 0 Å². The van der Waals surface area contributed by atoms with Crippen LogP contribution in [0.4, 0.5) is 0 Å². The van der Waals surface area contributed by atoms with Gasteiger partial charge in [0, 0.05) is 12.6 Å². The molecule has 0 saturated heterocycles. The van der Waals surface area contributed by atoms with Crippen molar-refractivity contribution in [3.63, 3.8) is 0 Å². The Morgan fingerprint density at radius 2 is 2.20 bits per heavy atom. The zero-order valence-electron chi connectivity index (χ0n) is 9.82. The molecule has 0 radical (unpaired) electrons. The fourth-order valence-corrected chi connectivity index (χ4v) is 1.60. The number of hydrogen-bond donors (Lipinski definition) is 1. The third-order valence-corrected chi connectivity index (χ3v) is 2.53. The van der Waals surface area contributed by atoms with E-state index in [0.717, 1.165) is 18.9 Å². The Hall–Kier alpha value is -0.900. The lowest BCUT2D eigenvalue weighted by atomic mass is 9.97. The molecule has 0 amide bonds. The van der Waals surface area contributed by atoms with Crippen LogP contribution in [-0.4, -0.2) is 21.3 Å². The van der Waals surface area contributed by atoms with Gasteiger partial charge in [0.15, 0.2) is 0 Å². The Bertz CT molecular complexity index is 320. The van der Waals surface area contributed by atoms with Crippen LogP contribution in [0.25, 0.3) is 0 Å². The average Bonchev–Trinajstić information content (AvgIpc) is 2.86. The van der Waals surface area contributed by atoms with Gasteiger partial charge in [-0.3, -0.25) is 0 Å². The summed E-state index contributed by atoms with van der Waals surface area (Å²) < 4.78 is 2.20. The summed E-state index contributed by atoms with van der Waals surface area (Å²) in [6.45, 7) is 8.52. The molecule has 0 spiro atoms. The quantitative estimate of drug-likeness (QED) is 0.819. The lowest BCUT2D eigenvalue weighted by molar-refractivity contribution is 0.375. The summed E-state index contributed by atoms with van der Waals surface area (Å²) in [6, 6.07) is 0.673.